The van der Waals surface area contributed by atoms with Crippen LogP contribution in [0.5, 0.6) is 0 Å². The predicted octanol–water partition coefficient (Wildman–Crippen LogP) is 3.82. The maximum Gasteiger partial charge on any atom is 0.0446 e. The number of hydrogen-bond acceptors (Lipinski definition) is 2. The lowest BCUT2D eigenvalue weighted by molar-refractivity contribution is 0.185. The van der Waals surface area contributed by atoms with Gasteiger partial charge in [-0.2, -0.15) is 0 Å². The Kier molecular flexibility index (Phi) is 4.70. The van der Waals surface area contributed by atoms with Crippen LogP contribution in [0.25, 0.3) is 0 Å². The molecule has 0 fully saturated rings. The van der Waals surface area contributed by atoms with Gasteiger partial charge in [-0.25, -0.2) is 0 Å². The van der Waals surface area contributed by atoms with E-state index in [9.17, 15) is 5.11 Å². The van der Waals surface area contributed by atoms with Gasteiger partial charge in [0.2, 0.25) is 0 Å². The molecule has 0 aliphatic heterocycles. The van der Waals surface area contributed by atoms with Crippen molar-refractivity contribution in [3.05, 3.63) is 33.8 Å². The number of aliphatic hydroxyl groups excluding tert-OH is 1. The topological polar surface area (TPSA) is 32.3 Å². The van der Waals surface area contributed by atoms with Crippen LogP contribution in [0.1, 0.15) is 50.8 Å². The van der Waals surface area contributed by atoms with E-state index in [1.54, 1.807) is 0 Å². The molecule has 3 heteroatoms. The molecule has 1 aromatic rings. The van der Waals surface area contributed by atoms with Gasteiger partial charge in [-0.05, 0) is 41.9 Å². The molecule has 2 unspecified atom stereocenters. The molecule has 2 rings (SSSR count). The van der Waals surface area contributed by atoms with Crippen LogP contribution >= 0.6 is 15.9 Å². The Labute approximate surface area is 124 Å². The molecular weight excluding hydrogens is 302 g/mol. The lowest BCUT2D eigenvalue weighted by Gasteiger charge is -2.34. The van der Waals surface area contributed by atoms with Crippen molar-refractivity contribution >= 4 is 15.9 Å². The molecule has 0 heterocycles. The first-order chi connectivity index (χ1) is 8.93. The molecule has 0 radical (unpaired) electrons. The van der Waals surface area contributed by atoms with Crippen molar-refractivity contribution in [1.82, 2.24) is 5.32 Å². The van der Waals surface area contributed by atoms with E-state index in [1.165, 1.54) is 15.6 Å². The second-order valence-corrected chi connectivity index (χ2v) is 7.35. The zero-order valence-corrected chi connectivity index (χ0v) is 13.6. The number of benzene rings is 1. The van der Waals surface area contributed by atoms with Crippen LogP contribution in [0.15, 0.2) is 22.7 Å². The number of nitrogens with one attached hydrogen (secondary N) is 1. The zero-order valence-electron chi connectivity index (χ0n) is 12.0. The highest BCUT2D eigenvalue weighted by Crippen LogP contribution is 2.37. The molecule has 2 N–H and O–H groups in total. The summed E-state index contributed by atoms with van der Waals surface area (Å²) in [7, 11) is 0. The van der Waals surface area contributed by atoms with E-state index in [-0.39, 0.29) is 12.0 Å². The molecule has 0 amide bonds. The van der Waals surface area contributed by atoms with Crippen molar-refractivity contribution < 1.29 is 5.11 Å². The Morgan fingerprint density at radius 2 is 2.16 bits per heavy atom. The molecule has 19 heavy (non-hydrogen) atoms. The van der Waals surface area contributed by atoms with Crippen molar-refractivity contribution in [2.24, 2.45) is 5.41 Å². The van der Waals surface area contributed by atoms with Crippen LogP contribution in [-0.2, 0) is 6.42 Å². The first-order valence-corrected chi connectivity index (χ1v) is 7.87. The van der Waals surface area contributed by atoms with Gasteiger partial charge in [0, 0.05) is 23.2 Å². The fraction of sp³-hybridized carbons (Fsp3) is 0.625. The Hall–Kier alpha value is -0.380. The molecule has 1 aromatic carbocycles. The van der Waals surface area contributed by atoms with Crippen LogP contribution in [0.3, 0.4) is 0 Å². The minimum absolute atomic E-state index is 0.164. The summed E-state index contributed by atoms with van der Waals surface area (Å²) in [6.45, 7) is 6.94. The molecular formula is C16H24BrNO. The van der Waals surface area contributed by atoms with Crippen molar-refractivity contribution in [2.45, 2.75) is 52.1 Å². The summed E-state index contributed by atoms with van der Waals surface area (Å²) < 4.78 is 1.23. The Balaban J connectivity index is 2.15. The van der Waals surface area contributed by atoms with Gasteiger partial charge in [0.15, 0.2) is 0 Å². The third-order valence-electron chi connectivity index (χ3n) is 4.08. The maximum atomic E-state index is 9.27. The van der Waals surface area contributed by atoms with E-state index < -0.39 is 0 Å². The van der Waals surface area contributed by atoms with Gasteiger partial charge in [-0.15, -0.1) is 0 Å². The van der Waals surface area contributed by atoms with Gasteiger partial charge >= 0.3 is 0 Å². The molecule has 1 aliphatic rings. The molecule has 106 valence electrons. The van der Waals surface area contributed by atoms with Crippen LogP contribution in [0.4, 0.5) is 0 Å². The maximum absolute atomic E-state index is 9.27. The highest BCUT2D eigenvalue weighted by Gasteiger charge is 2.30. The highest BCUT2D eigenvalue weighted by atomic mass is 79.9. The summed E-state index contributed by atoms with van der Waals surface area (Å²) in [6.07, 6.45) is 3.09. The number of halogens is 1. The zero-order chi connectivity index (χ0) is 14.0. The van der Waals surface area contributed by atoms with Gasteiger partial charge in [-0.1, -0.05) is 48.8 Å². The smallest absolute Gasteiger partial charge is 0.0446 e. The van der Waals surface area contributed by atoms with Gasteiger partial charge in [0.05, 0.1) is 0 Å². The fourth-order valence-corrected chi connectivity index (χ4v) is 3.50. The van der Waals surface area contributed by atoms with E-state index in [4.69, 9.17) is 0 Å². The van der Waals surface area contributed by atoms with Crippen molar-refractivity contribution in [3.63, 3.8) is 0 Å². The van der Waals surface area contributed by atoms with Crippen molar-refractivity contribution in [2.75, 3.05) is 6.61 Å². The second kappa shape index (κ2) is 5.94. The average Bonchev–Trinajstić information content (AvgIpc) is 2.72. The molecule has 0 aromatic heterocycles. The predicted molar refractivity (Wildman–Crippen MR) is 83.3 cm³/mol. The third-order valence-corrected chi connectivity index (χ3v) is 4.82. The Morgan fingerprint density at radius 1 is 1.42 bits per heavy atom. The van der Waals surface area contributed by atoms with Gasteiger partial charge in [0.25, 0.3) is 0 Å². The first kappa shape index (κ1) is 15.0. The summed E-state index contributed by atoms with van der Waals surface area (Å²) in [5, 5.41) is 13.0. The van der Waals surface area contributed by atoms with Gasteiger partial charge in [0.1, 0.15) is 0 Å². The fourth-order valence-electron chi connectivity index (χ4n) is 2.92. The molecule has 2 nitrogen and oxygen atoms in total. The van der Waals surface area contributed by atoms with Crippen LogP contribution < -0.4 is 5.32 Å². The standard InChI is InChI=1S/C16H24BrNO/c1-16(2,3)15(9-10-19)18-14-8-7-11-12(14)5-4-6-13(11)17/h4-6,14-15,18-19H,7-10H2,1-3H3. The number of hydrogen-bond donors (Lipinski definition) is 2. The van der Waals surface area contributed by atoms with E-state index in [0.29, 0.717) is 12.1 Å². The number of aliphatic hydroxyl groups is 1. The first-order valence-electron chi connectivity index (χ1n) is 7.07. The molecule has 1 aliphatic carbocycles. The van der Waals surface area contributed by atoms with Crippen molar-refractivity contribution in [3.8, 4) is 0 Å². The average molecular weight is 326 g/mol. The third kappa shape index (κ3) is 3.39. The summed E-state index contributed by atoms with van der Waals surface area (Å²) in [5.74, 6) is 0. The van der Waals surface area contributed by atoms with Crippen LogP contribution in [-0.4, -0.2) is 17.8 Å². The number of fused-ring (bicyclic) bond motifs is 1. The van der Waals surface area contributed by atoms with Crippen molar-refractivity contribution in [1.29, 1.82) is 0 Å². The lowest BCUT2D eigenvalue weighted by atomic mass is 9.84. The van der Waals surface area contributed by atoms with E-state index in [2.05, 4.69) is 60.2 Å². The SMILES string of the molecule is CC(C)(C)C(CCO)NC1CCc2c(Br)cccc21. The summed E-state index contributed by atoms with van der Waals surface area (Å²) in [6, 6.07) is 7.22. The molecule has 2 atom stereocenters. The summed E-state index contributed by atoms with van der Waals surface area (Å²) in [5.41, 5.74) is 3.02. The largest absolute Gasteiger partial charge is 0.396 e. The monoisotopic (exact) mass is 325 g/mol. The minimum atomic E-state index is 0.164. The summed E-state index contributed by atoms with van der Waals surface area (Å²) in [4.78, 5) is 0. The highest BCUT2D eigenvalue weighted by molar-refractivity contribution is 9.10. The van der Waals surface area contributed by atoms with Gasteiger partial charge < -0.3 is 10.4 Å². The van der Waals surface area contributed by atoms with E-state index >= 15 is 0 Å². The quantitative estimate of drug-likeness (QED) is 0.881. The van der Waals surface area contributed by atoms with Crippen LogP contribution in [0.2, 0.25) is 0 Å². The van der Waals surface area contributed by atoms with E-state index in [0.717, 1.165) is 19.3 Å². The minimum Gasteiger partial charge on any atom is -0.396 e. The Morgan fingerprint density at radius 3 is 2.79 bits per heavy atom. The van der Waals surface area contributed by atoms with Crippen LogP contribution in [0, 0.1) is 5.41 Å². The molecule has 0 saturated carbocycles. The molecule has 0 bridgehead atoms. The molecule has 0 spiro atoms. The Bertz CT molecular complexity index is 439. The summed E-state index contributed by atoms with van der Waals surface area (Å²) >= 11 is 3.64. The van der Waals surface area contributed by atoms with Gasteiger partial charge in [-0.3, -0.25) is 0 Å². The molecule has 0 saturated heterocycles. The lowest BCUT2D eigenvalue weighted by Crippen LogP contribution is -2.42. The normalized spacial score (nSPS) is 20.4. The second-order valence-electron chi connectivity index (χ2n) is 6.50. The number of rotatable bonds is 4. The van der Waals surface area contributed by atoms with E-state index in [1.807, 2.05) is 0 Å².